The van der Waals surface area contributed by atoms with E-state index in [0.717, 1.165) is 0 Å². The van der Waals surface area contributed by atoms with Crippen LogP contribution in [0.5, 0.6) is 0 Å². The highest BCUT2D eigenvalue weighted by atomic mass is 35.5. The molecule has 6 heteroatoms. The van der Waals surface area contributed by atoms with E-state index in [-0.39, 0.29) is 12.5 Å². The summed E-state index contributed by atoms with van der Waals surface area (Å²) in [7, 11) is 0. The Labute approximate surface area is 121 Å². The summed E-state index contributed by atoms with van der Waals surface area (Å²) in [6.07, 6.45) is 0.988. The molecule has 1 fully saturated rings. The quantitative estimate of drug-likeness (QED) is 0.868. The second-order valence-electron chi connectivity index (χ2n) is 4.82. The molecule has 0 spiro atoms. The fourth-order valence-electron chi connectivity index (χ4n) is 2.61. The summed E-state index contributed by atoms with van der Waals surface area (Å²) in [4.78, 5) is 25.5. The second-order valence-corrected chi connectivity index (χ2v) is 5.23. The standard InChI is InChI=1S/C14H16ClFN2O2/c1-3-14(4-2)12(19)17-13(20)18(14)8-9-7-10(16)5-6-11(9)15/h5-7H,3-4,8H2,1-2H3,(H,17,19,20). The predicted molar refractivity (Wildman–Crippen MR) is 73.8 cm³/mol. The van der Waals surface area contributed by atoms with Crippen molar-refractivity contribution in [3.05, 3.63) is 34.6 Å². The van der Waals surface area contributed by atoms with E-state index in [2.05, 4.69) is 5.32 Å². The second kappa shape index (κ2) is 5.40. The lowest BCUT2D eigenvalue weighted by Gasteiger charge is -2.33. The van der Waals surface area contributed by atoms with Crippen molar-refractivity contribution in [2.45, 2.75) is 38.8 Å². The van der Waals surface area contributed by atoms with Gasteiger partial charge in [-0.2, -0.15) is 0 Å². The minimum Gasteiger partial charge on any atom is -0.305 e. The zero-order valence-electron chi connectivity index (χ0n) is 11.4. The molecule has 1 saturated heterocycles. The molecule has 1 aromatic carbocycles. The van der Waals surface area contributed by atoms with E-state index in [1.165, 1.54) is 23.1 Å². The Kier molecular flexibility index (Phi) is 3.99. The molecule has 0 saturated carbocycles. The molecule has 1 aliphatic heterocycles. The van der Waals surface area contributed by atoms with Crippen LogP contribution in [0.3, 0.4) is 0 Å². The Hall–Kier alpha value is -1.62. The minimum absolute atomic E-state index is 0.107. The van der Waals surface area contributed by atoms with Crippen molar-refractivity contribution in [2.24, 2.45) is 0 Å². The first kappa shape index (κ1) is 14.8. The van der Waals surface area contributed by atoms with Crippen LogP contribution in [0, 0.1) is 5.82 Å². The summed E-state index contributed by atoms with van der Waals surface area (Å²) in [6.45, 7) is 3.81. The van der Waals surface area contributed by atoms with E-state index in [0.29, 0.717) is 23.4 Å². The summed E-state index contributed by atoms with van der Waals surface area (Å²) >= 11 is 6.03. The van der Waals surface area contributed by atoms with Crippen molar-refractivity contribution in [3.8, 4) is 0 Å². The van der Waals surface area contributed by atoms with Crippen LogP contribution in [-0.4, -0.2) is 22.4 Å². The van der Waals surface area contributed by atoms with Crippen LogP contribution < -0.4 is 5.32 Å². The molecule has 4 nitrogen and oxygen atoms in total. The van der Waals surface area contributed by atoms with E-state index in [9.17, 15) is 14.0 Å². The number of benzene rings is 1. The van der Waals surface area contributed by atoms with Gasteiger partial charge in [0.05, 0.1) is 6.54 Å². The Balaban J connectivity index is 2.37. The maximum absolute atomic E-state index is 13.3. The third-order valence-electron chi connectivity index (χ3n) is 3.91. The number of urea groups is 1. The summed E-state index contributed by atoms with van der Waals surface area (Å²) in [5.74, 6) is -0.728. The minimum atomic E-state index is -0.882. The van der Waals surface area contributed by atoms with Crippen molar-refractivity contribution in [1.29, 1.82) is 0 Å². The number of carbonyl (C=O) groups is 2. The third-order valence-corrected chi connectivity index (χ3v) is 4.28. The van der Waals surface area contributed by atoms with Gasteiger partial charge < -0.3 is 4.90 Å². The van der Waals surface area contributed by atoms with Crippen LogP contribution in [0.15, 0.2) is 18.2 Å². The first-order valence-corrected chi connectivity index (χ1v) is 6.89. The van der Waals surface area contributed by atoms with Gasteiger partial charge in [0.15, 0.2) is 0 Å². The van der Waals surface area contributed by atoms with Crippen LogP contribution in [0.1, 0.15) is 32.3 Å². The Bertz CT molecular complexity index is 558. The number of carbonyl (C=O) groups excluding carboxylic acids is 2. The van der Waals surface area contributed by atoms with Crippen LogP contribution in [-0.2, 0) is 11.3 Å². The van der Waals surface area contributed by atoms with E-state index >= 15 is 0 Å². The van der Waals surface area contributed by atoms with E-state index in [1.807, 2.05) is 13.8 Å². The van der Waals surface area contributed by atoms with Gasteiger partial charge in [0.1, 0.15) is 11.4 Å². The number of amides is 3. The van der Waals surface area contributed by atoms with Crippen LogP contribution >= 0.6 is 11.6 Å². The Morgan fingerprint density at radius 1 is 1.30 bits per heavy atom. The lowest BCUT2D eigenvalue weighted by Crippen LogP contribution is -2.48. The SMILES string of the molecule is CCC1(CC)C(=O)NC(=O)N1Cc1cc(F)ccc1Cl. The lowest BCUT2D eigenvalue weighted by atomic mass is 9.91. The molecule has 20 heavy (non-hydrogen) atoms. The van der Waals surface area contributed by atoms with E-state index < -0.39 is 17.4 Å². The largest absolute Gasteiger partial charge is 0.325 e. The Morgan fingerprint density at radius 2 is 1.95 bits per heavy atom. The molecule has 0 atom stereocenters. The van der Waals surface area contributed by atoms with Gasteiger partial charge in [-0.1, -0.05) is 25.4 Å². The number of imide groups is 1. The van der Waals surface area contributed by atoms with Crippen LogP contribution in [0.4, 0.5) is 9.18 Å². The molecule has 1 aromatic rings. The summed E-state index contributed by atoms with van der Waals surface area (Å²) in [6, 6.07) is 3.53. The zero-order valence-corrected chi connectivity index (χ0v) is 12.1. The smallest absolute Gasteiger partial charge is 0.305 e. The normalized spacial score (nSPS) is 17.5. The number of hydrogen-bond acceptors (Lipinski definition) is 2. The fourth-order valence-corrected chi connectivity index (χ4v) is 2.79. The van der Waals surface area contributed by atoms with Crippen molar-refractivity contribution in [2.75, 3.05) is 0 Å². The maximum Gasteiger partial charge on any atom is 0.325 e. The zero-order chi connectivity index (χ0) is 14.9. The average molecular weight is 299 g/mol. The number of rotatable bonds is 4. The molecule has 3 amide bonds. The highest BCUT2D eigenvalue weighted by Crippen LogP contribution is 2.32. The summed E-state index contributed by atoms with van der Waals surface area (Å²) in [5, 5.41) is 2.70. The highest BCUT2D eigenvalue weighted by Gasteiger charge is 2.50. The molecule has 1 aliphatic rings. The van der Waals surface area contributed by atoms with Crippen molar-refractivity contribution >= 4 is 23.5 Å². The summed E-state index contributed by atoms with van der Waals surface area (Å²) in [5.41, 5.74) is -0.394. The van der Waals surface area contributed by atoms with Gasteiger partial charge in [-0.05, 0) is 36.6 Å². The molecule has 0 aliphatic carbocycles. The van der Waals surface area contributed by atoms with Gasteiger partial charge in [0.2, 0.25) is 0 Å². The van der Waals surface area contributed by atoms with Crippen molar-refractivity contribution in [3.63, 3.8) is 0 Å². The molecular weight excluding hydrogens is 283 g/mol. The van der Waals surface area contributed by atoms with Crippen molar-refractivity contribution < 1.29 is 14.0 Å². The molecule has 0 unspecified atom stereocenters. The monoisotopic (exact) mass is 298 g/mol. The fraction of sp³-hybridized carbons (Fsp3) is 0.429. The molecule has 0 bridgehead atoms. The third kappa shape index (κ3) is 2.26. The van der Waals surface area contributed by atoms with Gasteiger partial charge in [-0.25, -0.2) is 9.18 Å². The summed E-state index contributed by atoms with van der Waals surface area (Å²) < 4.78 is 13.3. The van der Waals surface area contributed by atoms with Gasteiger partial charge in [0, 0.05) is 5.02 Å². The van der Waals surface area contributed by atoms with E-state index in [4.69, 9.17) is 11.6 Å². The number of hydrogen-bond donors (Lipinski definition) is 1. The number of nitrogens with one attached hydrogen (secondary N) is 1. The molecule has 1 N–H and O–H groups in total. The average Bonchev–Trinajstić information content (AvgIpc) is 2.65. The van der Waals surface area contributed by atoms with Gasteiger partial charge in [-0.15, -0.1) is 0 Å². The molecule has 0 radical (unpaired) electrons. The van der Waals surface area contributed by atoms with Gasteiger partial charge in [-0.3, -0.25) is 10.1 Å². The van der Waals surface area contributed by atoms with Crippen molar-refractivity contribution in [1.82, 2.24) is 10.2 Å². The number of halogens is 2. The topological polar surface area (TPSA) is 49.4 Å². The lowest BCUT2D eigenvalue weighted by molar-refractivity contribution is -0.127. The van der Waals surface area contributed by atoms with Crippen LogP contribution in [0.25, 0.3) is 0 Å². The predicted octanol–water partition coefficient (Wildman–Crippen LogP) is 3.09. The van der Waals surface area contributed by atoms with E-state index in [1.54, 1.807) is 0 Å². The molecule has 2 rings (SSSR count). The Morgan fingerprint density at radius 3 is 2.55 bits per heavy atom. The van der Waals surface area contributed by atoms with Crippen LogP contribution in [0.2, 0.25) is 5.02 Å². The molecular formula is C14H16ClFN2O2. The molecule has 108 valence electrons. The number of nitrogens with zero attached hydrogens (tertiary/aromatic N) is 1. The van der Waals surface area contributed by atoms with Gasteiger partial charge in [0.25, 0.3) is 5.91 Å². The molecule has 0 aromatic heterocycles. The first-order valence-electron chi connectivity index (χ1n) is 6.51. The highest BCUT2D eigenvalue weighted by molar-refractivity contribution is 6.31. The van der Waals surface area contributed by atoms with Gasteiger partial charge >= 0.3 is 6.03 Å². The first-order chi connectivity index (χ1) is 9.44. The molecule has 1 heterocycles. The maximum atomic E-state index is 13.3.